The normalized spacial score (nSPS) is 22.5. The van der Waals surface area contributed by atoms with E-state index < -0.39 is 0 Å². The van der Waals surface area contributed by atoms with Gasteiger partial charge in [-0.05, 0) is 45.7 Å². The molecule has 1 aliphatic heterocycles. The number of rotatable bonds is 5. The van der Waals surface area contributed by atoms with Gasteiger partial charge in [0, 0.05) is 31.4 Å². The molecule has 100 valence electrons. The summed E-state index contributed by atoms with van der Waals surface area (Å²) in [4.78, 5) is 6.89. The monoisotopic (exact) mass is 248 g/mol. The van der Waals surface area contributed by atoms with E-state index in [-0.39, 0.29) is 0 Å². The fourth-order valence-electron chi connectivity index (χ4n) is 2.94. The van der Waals surface area contributed by atoms with Gasteiger partial charge in [-0.25, -0.2) is 4.98 Å². The molecule has 0 atom stereocenters. The van der Waals surface area contributed by atoms with Gasteiger partial charge in [-0.2, -0.15) is 0 Å². The standard InChI is InChI=1S/C14H24N4/c1-2-17-11-15-9-14(17)10-16-12-5-7-18(8-6-12)13-3-4-13/h9,11-13,16H,2-8,10H2,1H3. The van der Waals surface area contributed by atoms with E-state index >= 15 is 0 Å². The van der Waals surface area contributed by atoms with Gasteiger partial charge in [0.2, 0.25) is 0 Å². The van der Waals surface area contributed by atoms with Crippen LogP contribution in [0.2, 0.25) is 0 Å². The highest BCUT2D eigenvalue weighted by molar-refractivity contribution is 4.98. The van der Waals surface area contributed by atoms with E-state index in [1.54, 1.807) is 0 Å². The van der Waals surface area contributed by atoms with Crippen LogP contribution in [0, 0.1) is 0 Å². The number of piperidine rings is 1. The Morgan fingerprint density at radius 3 is 2.72 bits per heavy atom. The third-order valence-electron chi connectivity index (χ3n) is 4.30. The van der Waals surface area contributed by atoms with Crippen LogP contribution in [-0.4, -0.2) is 39.6 Å². The third-order valence-corrected chi connectivity index (χ3v) is 4.30. The van der Waals surface area contributed by atoms with Gasteiger partial charge in [-0.3, -0.25) is 0 Å². The first kappa shape index (κ1) is 12.2. The van der Waals surface area contributed by atoms with Gasteiger partial charge in [0.1, 0.15) is 0 Å². The average Bonchev–Trinajstić information content (AvgIpc) is 3.16. The van der Waals surface area contributed by atoms with Crippen molar-refractivity contribution >= 4 is 0 Å². The lowest BCUT2D eigenvalue weighted by molar-refractivity contribution is 0.188. The Kier molecular flexibility index (Phi) is 3.66. The number of hydrogen-bond acceptors (Lipinski definition) is 3. The summed E-state index contributed by atoms with van der Waals surface area (Å²) in [6, 6.07) is 1.63. The maximum Gasteiger partial charge on any atom is 0.0948 e. The molecule has 3 rings (SSSR count). The molecular formula is C14H24N4. The molecule has 18 heavy (non-hydrogen) atoms. The summed E-state index contributed by atoms with van der Waals surface area (Å²) < 4.78 is 2.21. The Hall–Kier alpha value is -0.870. The number of hydrogen-bond donors (Lipinski definition) is 1. The van der Waals surface area contributed by atoms with Crippen LogP contribution in [0.4, 0.5) is 0 Å². The molecule has 0 bridgehead atoms. The molecule has 0 aromatic carbocycles. The Labute approximate surface area is 109 Å². The smallest absolute Gasteiger partial charge is 0.0948 e. The lowest BCUT2D eigenvalue weighted by Crippen LogP contribution is -2.43. The predicted octanol–water partition coefficient (Wildman–Crippen LogP) is 1.62. The van der Waals surface area contributed by atoms with Crippen LogP contribution in [0.5, 0.6) is 0 Å². The maximum absolute atomic E-state index is 4.21. The molecule has 1 aliphatic carbocycles. The Morgan fingerprint density at radius 2 is 2.06 bits per heavy atom. The van der Waals surface area contributed by atoms with E-state index in [0.29, 0.717) is 6.04 Å². The number of imidazole rings is 1. The van der Waals surface area contributed by atoms with E-state index in [0.717, 1.165) is 19.1 Å². The summed E-state index contributed by atoms with van der Waals surface area (Å²) in [6.45, 7) is 6.71. The van der Waals surface area contributed by atoms with Crippen LogP contribution in [0.25, 0.3) is 0 Å². The fraction of sp³-hybridized carbons (Fsp3) is 0.786. The Bertz CT molecular complexity index is 375. The van der Waals surface area contributed by atoms with Gasteiger partial charge in [0.05, 0.1) is 12.0 Å². The second-order valence-corrected chi connectivity index (χ2v) is 5.59. The fourth-order valence-corrected chi connectivity index (χ4v) is 2.94. The molecule has 4 heteroatoms. The minimum atomic E-state index is 0.695. The first-order chi connectivity index (χ1) is 8.86. The van der Waals surface area contributed by atoms with Crippen molar-refractivity contribution in [2.45, 2.75) is 57.8 Å². The molecule has 1 aromatic rings. The van der Waals surface area contributed by atoms with Crippen molar-refractivity contribution in [3.63, 3.8) is 0 Å². The lowest BCUT2D eigenvalue weighted by Gasteiger charge is -2.32. The molecule has 2 aliphatic rings. The molecule has 1 aromatic heterocycles. The summed E-state index contributed by atoms with van der Waals surface area (Å²) in [5.74, 6) is 0. The number of aryl methyl sites for hydroxylation is 1. The first-order valence-electron chi connectivity index (χ1n) is 7.33. The number of nitrogens with one attached hydrogen (secondary N) is 1. The SMILES string of the molecule is CCn1cncc1CNC1CCN(C2CC2)CC1. The van der Waals surface area contributed by atoms with Gasteiger partial charge >= 0.3 is 0 Å². The second kappa shape index (κ2) is 5.41. The quantitative estimate of drug-likeness (QED) is 0.859. The van der Waals surface area contributed by atoms with Gasteiger partial charge in [0.25, 0.3) is 0 Å². The highest BCUT2D eigenvalue weighted by Crippen LogP contribution is 2.29. The van der Waals surface area contributed by atoms with E-state index in [2.05, 4.69) is 26.7 Å². The molecule has 4 nitrogen and oxygen atoms in total. The molecule has 0 unspecified atom stereocenters. The van der Waals surface area contributed by atoms with Crippen LogP contribution in [-0.2, 0) is 13.1 Å². The second-order valence-electron chi connectivity index (χ2n) is 5.59. The van der Waals surface area contributed by atoms with Crippen LogP contribution >= 0.6 is 0 Å². The van der Waals surface area contributed by atoms with Crippen molar-refractivity contribution in [3.8, 4) is 0 Å². The molecule has 2 heterocycles. The maximum atomic E-state index is 4.21. The minimum Gasteiger partial charge on any atom is -0.334 e. The molecule has 1 saturated carbocycles. The summed E-state index contributed by atoms with van der Waals surface area (Å²) in [5.41, 5.74) is 1.31. The van der Waals surface area contributed by atoms with E-state index in [1.165, 1.54) is 44.5 Å². The van der Waals surface area contributed by atoms with Crippen LogP contribution in [0.1, 0.15) is 38.3 Å². The Morgan fingerprint density at radius 1 is 1.28 bits per heavy atom. The predicted molar refractivity (Wildman–Crippen MR) is 72.4 cm³/mol. The van der Waals surface area contributed by atoms with Crippen molar-refractivity contribution in [2.24, 2.45) is 0 Å². The zero-order valence-corrected chi connectivity index (χ0v) is 11.3. The van der Waals surface area contributed by atoms with E-state index in [4.69, 9.17) is 0 Å². The third kappa shape index (κ3) is 2.75. The van der Waals surface area contributed by atoms with Crippen LogP contribution < -0.4 is 5.32 Å². The van der Waals surface area contributed by atoms with Crippen LogP contribution in [0.3, 0.4) is 0 Å². The van der Waals surface area contributed by atoms with E-state index in [1.807, 2.05) is 12.5 Å². The van der Waals surface area contributed by atoms with Crippen molar-refractivity contribution in [3.05, 3.63) is 18.2 Å². The van der Waals surface area contributed by atoms with E-state index in [9.17, 15) is 0 Å². The topological polar surface area (TPSA) is 33.1 Å². The Balaban J connectivity index is 1.44. The zero-order chi connectivity index (χ0) is 12.4. The molecule has 0 amide bonds. The molecule has 2 fully saturated rings. The van der Waals surface area contributed by atoms with Crippen LogP contribution in [0.15, 0.2) is 12.5 Å². The van der Waals surface area contributed by atoms with Crippen molar-refractivity contribution in [2.75, 3.05) is 13.1 Å². The summed E-state index contributed by atoms with van der Waals surface area (Å²) >= 11 is 0. The van der Waals surface area contributed by atoms with Crippen molar-refractivity contribution in [1.29, 1.82) is 0 Å². The first-order valence-corrected chi connectivity index (χ1v) is 7.33. The highest BCUT2D eigenvalue weighted by atomic mass is 15.2. The highest BCUT2D eigenvalue weighted by Gasteiger charge is 2.31. The summed E-state index contributed by atoms with van der Waals surface area (Å²) in [5, 5.41) is 3.69. The van der Waals surface area contributed by atoms with Crippen molar-refractivity contribution in [1.82, 2.24) is 19.8 Å². The van der Waals surface area contributed by atoms with Gasteiger partial charge in [0.15, 0.2) is 0 Å². The largest absolute Gasteiger partial charge is 0.334 e. The zero-order valence-electron chi connectivity index (χ0n) is 11.3. The molecule has 0 radical (unpaired) electrons. The molecule has 1 N–H and O–H groups in total. The summed E-state index contributed by atoms with van der Waals surface area (Å²) in [7, 11) is 0. The minimum absolute atomic E-state index is 0.695. The summed E-state index contributed by atoms with van der Waals surface area (Å²) in [6.07, 6.45) is 9.39. The average molecular weight is 248 g/mol. The number of aromatic nitrogens is 2. The number of likely N-dealkylation sites (tertiary alicyclic amines) is 1. The number of nitrogens with zero attached hydrogens (tertiary/aromatic N) is 3. The molecule has 1 saturated heterocycles. The van der Waals surface area contributed by atoms with Gasteiger partial charge in [-0.1, -0.05) is 0 Å². The van der Waals surface area contributed by atoms with Gasteiger partial charge in [-0.15, -0.1) is 0 Å². The van der Waals surface area contributed by atoms with Gasteiger partial charge < -0.3 is 14.8 Å². The molecular weight excluding hydrogens is 224 g/mol. The molecule has 0 spiro atoms. The lowest BCUT2D eigenvalue weighted by atomic mass is 10.0. The van der Waals surface area contributed by atoms with Crippen molar-refractivity contribution < 1.29 is 0 Å².